The van der Waals surface area contributed by atoms with Gasteiger partial charge in [0.25, 0.3) is 0 Å². The zero-order chi connectivity index (χ0) is 78.8. The number of ether oxygens (including phenoxy) is 1. The molecule has 15 N–H and O–H groups in total. The first-order valence-corrected chi connectivity index (χ1v) is 38.6. The van der Waals surface area contributed by atoms with E-state index in [-0.39, 0.29) is 102 Å². The summed E-state index contributed by atoms with van der Waals surface area (Å²) >= 11 is 0. The van der Waals surface area contributed by atoms with Gasteiger partial charge >= 0.3 is 24.1 Å². The molecule has 0 radical (unpaired) electrons. The minimum Gasteiger partial charge on any atom is -0.480 e. The third-order valence-corrected chi connectivity index (χ3v) is 19.9. The number of carboxylic acids is 1. The van der Waals surface area contributed by atoms with Crippen LogP contribution < -0.4 is 64.6 Å². The van der Waals surface area contributed by atoms with E-state index in [1.54, 1.807) is 25.7 Å². The number of hydrogen-bond donors (Lipinski definition) is 13. The van der Waals surface area contributed by atoms with Crippen molar-refractivity contribution in [2.45, 2.75) is 218 Å². The normalized spacial score (nSPS) is 17.1. The number of nitrogens with two attached hydrogens (primary N) is 2. The summed E-state index contributed by atoms with van der Waals surface area (Å²) in [5.41, 5.74) is 14.8. The van der Waals surface area contributed by atoms with Gasteiger partial charge in [0.2, 0.25) is 29.5 Å². The number of aliphatic carboxylic acids is 1. The predicted octanol–water partition coefficient (Wildman–Crippen LogP) is 7.09. The van der Waals surface area contributed by atoms with Crippen molar-refractivity contribution in [3.8, 4) is 0 Å². The summed E-state index contributed by atoms with van der Waals surface area (Å²) in [4.78, 5) is 144. The van der Waals surface area contributed by atoms with Crippen LogP contribution in [0.15, 0.2) is 121 Å². The molecule has 26 heteroatoms. The number of amides is 10. The van der Waals surface area contributed by atoms with Crippen molar-refractivity contribution in [2.24, 2.45) is 41.1 Å². The number of carboxylic acid groups (broad SMARTS) is 1. The maximum atomic E-state index is 14.0. The molecule has 4 aromatic rings. The van der Waals surface area contributed by atoms with Crippen LogP contribution in [0.4, 0.5) is 14.4 Å². The van der Waals surface area contributed by atoms with Crippen LogP contribution in [0, 0.1) is 29.6 Å². The molecule has 8 rings (SSSR count). The monoisotopic (exact) mass is 1500 g/mol. The number of carbonyl (C=O) groups excluding carboxylic acids is 10. The third kappa shape index (κ3) is 31.1. The molecule has 10 amide bonds. The van der Waals surface area contributed by atoms with Crippen molar-refractivity contribution < 1.29 is 62.6 Å². The second-order valence-corrected chi connectivity index (χ2v) is 31.3. The van der Waals surface area contributed by atoms with Crippen LogP contribution in [0.5, 0.6) is 0 Å². The molecule has 4 heterocycles. The number of unbranched alkanes of at least 4 members (excludes halogenated alkanes) is 2. The molecule has 0 aliphatic carbocycles. The number of ketones is 2. The topological polar surface area (TPSA) is 393 Å². The summed E-state index contributed by atoms with van der Waals surface area (Å²) in [7, 11) is 0. The van der Waals surface area contributed by atoms with E-state index >= 15 is 0 Å². The molecule has 108 heavy (non-hydrogen) atoms. The molecule has 4 aliphatic rings. The van der Waals surface area contributed by atoms with Gasteiger partial charge in [0.15, 0.2) is 11.6 Å². The maximum absolute atomic E-state index is 14.0. The second kappa shape index (κ2) is 44.3. The highest BCUT2D eigenvalue weighted by Crippen LogP contribution is 2.27. The molecule has 0 unspecified atom stereocenters. The lowest BCUT2D eigenvalue weighted by atomic mass is 9.87. The number of likely N-dealkylation sites (tertiary alicyclic amines) is 1. The van der Waals surface area contributed by atoms with Crippen molar-refractivity contribution in [1.82, 2.24) is 58.1 Å². The number of hydrogen-bond acceptors (Lipinski definition) is 15. The van der Waals surface area contributed by atoms with Crippen molar-refractivity contribution in [3.05, 3.63) is 144 Å². The minimum absolute atomic E-state index is 0.00750. The molecule has 0 aromatic heterocycles. The molecule has 0 bridgehead atoms. The van der Waals surface area contributed by atoms with Crippen LogP contribution in [0.2, 0.25) is 0 Å². The lowest BCUT2D eigenvalue weighted by molar-refractivity contribution is -0.143. The average molecular weight is 1500 g/mol. The van der Waals surface area contributed by atoms with Gasteiger partial charge in [0.05, 0.1) is 29.2 Å². The van der Waals surface area contributed by atoms with E-state index in [0.29, 0.717) is 103 Å². The fraction of sp³-hybridized carbons (Fsp3) is 0.573. The largest absolute Gasteiger partial charge is 0.480 e. The number of carbonyl (C=O) groups is 11. The van der Waals surface area contributed by atoms with E-state index in [1.807, 2.05) is 156 Å². The Hall–Kier alpha value is -9.27. The molecule has 592 valence electrons. The van der Waals surface area contributed by atoms with E-state index in [2.05, 4.69) is 53.2 Å². The van der Waals surface area contributed by atoms with Crippen molar-refractivity contribution in [3.63, 3.8) is 0 Å². The minimum atomic E-state index is -1.17. The summed E-state index contributed by atoms with van der Waals surface area (Å²) in [5, 5.41) is 38.8. The molecule has 2 spiro atoms. The van der Waals surface area contributed by atoms with Gasteiger partial charge in [0, 0.05) is 63.3 Å². The van der Waals surface area contributed by atoms with Gasteiger partial charge in [0.1, 0.15) is 17.7 Å². The highest BCUT2D eigenvalue weighted by molar-refractivity contribution is 5.96. The van der Waals surface area contributed by atoms with Crippen LogP contribution in [-0.4, -0.2) is 174 Å². The number of benzene rings is 4. The van der Waals surface area contributed by atoms with Gasteiger partial charge in [-0.3, -0.25) is 33.6 Å². The fourth-order valence-electron chi connectivity index (χ4n) is 13.9. The van der Waals surface area contributed by atoms with E-state index in [1.165, 1.54) is 0 Å². The summed E-state index contributed by atoms with van der Waals surface area (Å²) in [6.45, 7) is 20.0. The Morgan fingerprint density at radius 2 is 0.935 bits per heavy atom. The number of urea groups is 2. The van der Waals surface area contributed by atoms with Gasteiger partial charge in [-0.2, -0.15) is 0 Å². The summed E-state index contributed by atoms with van der Waals surface area (Å²) < 4.78 is 5.20. The smallest absolute Gasteiger partial charge is 0.407 e. The quantitative estimate of drug-likeness (QED) is 0.0200. The first kappa shape index (κ1) is 87.6. The number of nitrogens with zero attached hydrogens (tertiary/aromatic N) is 1. The number of Topliss-reactive ketones (excluding diaryl/α,β-unsaturated/α-hetero) is 2. The molecule has 26 nitrogen and oxygen atoms in total. The summed E-state index contributed by atoms with van der Waals surface area (Å²) in [6, 6.07) is 33.2. The maximum Gasteiger partial charge on any atom is 0.407 e. The van der Waals surface area contributed by atoms with Crippen LogP contribution in [-0.2, 0) is 68.8 Å². The SMILES string of the molecule is CC(C)C[C@@H](CC(=O)[C@@H](Cc1ccccc1)NC(=O)[C@H](C)Cc1ccccc1)C(=O)N[C@H](CCCCNC(=O)OC(C)(C)C)C(=O)O.CC(C)C[C@@H](CC(=O)[C@@H](Cc1ccccc1)NC(=O)[C@H](N)Cc1ccccc1)C(=O)N[C@H](CCCCN)C(=O)N1CCC2(CC1)CNC(=O)N2.O=C1NCC2(CCNCC2)N1. The zero-order valence-electron chi connectivity index (χ0n) is 64.7. The molecule has 4 aliphatic heterocycles. The predicted molar refractivity (Wildman–Crippen MR) is 416 cm³/mol. The molecular weight excluding hydrogens is 1370 g/mol. The lowest BCUT2D eigenvalue weighted by Crippen LogP contribution is -2.57. The summed E-state index contributed by atoms with van der Waals surface area (Å²) in [6.07, 6.45) is 7.61. The van der Waals surface area contributed by atoms with Crippen molar-refractivity contribution in [1.29, 1.82) is 0 Å². The van der Waals surface area contributed by atoms with Gasteiger partial charge in [-0.25, -0.2) is 19.2 Å². The van der Waals surface area contributed by atoms with Crippen LogP contribution in [0.3, 0.4) is 0 Å². The zero-order valence-corrected chi connectivity index (χ0v) is 64.7. The Labute approximate surface area is 637 Å². The Morgan fingerprint density at radius 3 is 1.36 bits per heavy atom. The number of rotatable bonds is 37. The summed E-state index contributed by atoms with van der Waals surface area (Å²) in [5.74, 6) is -5.13. The lowest BCUT2D eigenvalue weighted by Gasteiger charge is -2.39. The molecule has 4 aromatic carbocycles. The van der Waals surface area contributed by atoms with E-state index in [4.69, 9.17) is 16.2 Å². The Balaban J connectivity index is 0.000000295. The molecule has 0 saturated carbocycles. The second-order valence-electron chi connectivity index (χ2n) is 31.3. The van der Waals surface area contributed by atoms with Gasteiger partial charge in [-0.15, -0.1) is 0 Å². The van der Waals surface area contributed by atoms with Crippen LogP contribution in [0.25, 0.3) is 0 Å². The fourth-order valence-corrected chi connectivity index (χ4v) is 13.9. The first-order valence-electron chi connectivity index (χ1n) is 38.6. The van der Waals surface area contributed by atoms with E-state index in [9.17, 15) is 57.8 Å². The van der Waals surface area contributed by atoms with Gasteiger partial charge < -0.3 is 79.4 Å². The molecule has 8 atom stereocenters. The molecule has 4 saturated heterocycles. The van der Waals surface area contributed by atoms with Crippen molar-refractivity contribution >= 4 is 65.2 Å². The van der Waals surface area contributed by atoms with Crippen molar-refractivity contribution in [2.75, 3.05) is 52.4 Å². The Morgan fingerprint density at radius 1 is 0.528 bits per heavy atom. The number of piperidine rings is 2. The highest BCUT2D eigenvalue weighted by atomic mass is 16.6. The first-order chi connectivity index (χ1) is 51.4. The number of alkyl carbamates (subject to hydrolysis) is 1. The average Bonchev–Trinajstić information content (AvgIpc) is 1.62. The highest BCUT2D eigenvalue weighted by Gasteiger charge is 2.43. The van der Waals surface area contributed by atoms with Crippen LogP contribution >= 0.6 is 0 Å². The van der Waals surface area contributed by atoms with Crippen LogP contribution in [0.1, 0.15) is 168 Å². The third-order valence-electron chi connectivity index (χ3n) is 19.9. The number of nitrogens with one attached hydrogen (secondary N) is 10. The van der Waals surface area contributed by atoms with Gasteiger partial charge in [-0.1, -0.05) is 156 Å². The van der Waals surface area contributed by atoms with E-state index in [0.717, 1.165) is 54.7 Å². The Kier molecular flexibility index (Phi) is 35.9. The van der Waals surface area contributed by atoms with Gasteiger partial charge in [-0.05, 0) is 177 Å². The molecule has 4 fully saturated rings. The molecular formula is C82H121N13O13. The Bertz CT molecular complexity index is 3510. The van der Waals surface area contributed by atoms with E-state index < -0.39 is 71.5 Å². The standard InChI is InChI=1S/C38H55N7O5.C37H53N3O7.C7H13N3O/c1-26(2)21-29(34(47)42-31(15-9-10-18-39)36(49)45-19-16-38(17-20-45)25-41-37(50)44-38)24-33(46)32(23-28-13-7-4-8-14-28)43-35(48)30(40)22-27-11-5-3-6-12-27;1-25(2)21-29(34(43)39-30(35(44)45)19-13-14-20-38-36(46)47-37(4,5)6)24-32(41)31(23-28-17-11-8-12-18-28)40-33(42)26(3)22-27-15-9-7-10-16-27;11-6-9-5-7(10-6)1-3-8-4-2-7/h3-8,11-14,26,29-32H,9-10,15-25,39-40H2,1-2H3,(H,42,47)(H,43,48)(H2,41,44,50);7-12,15-18,25-26,29-31H,13-14,19-24H2,1-6H3,(H,38,46)(H,39,43)(H,40,42)(H,44,45);8H,1-5H2,(H2,9,10,11)/t29-,30+,31+,32+;26-,29+,30-,31-;/m01./s1.